The molecule has 33 heavy (non-hydrogen) atoms. The third-order valence-corrected chi connectivity index (χ3v) is 6.33. The van der Waals surface area contributed by atoms with E-state index in [0.717, 1.165) is 27.6 Å². The van der Waals surface area contributed by atoms with E-state index in [-0.39, 0.29) is 29.8 Å². The van der Waals surface area contributed by atoms with Gasteiger partial charge in [0.25, 0.3) is 0 Å². The molecule has 1 aliphatic heterocycles. The third-order valence-electron chi connectivity index (χ3n) is 5.16. The minimum Gasteiger partial charge on any atom is -0.494 e. The second kappa shape index (κ2) is 9.91. The van der Waals surface area contributed by atoms with Crippen molar-refractivity contribution < 1.29 is 28.7 Å². The van der Waals surface area contributed by atoms with Crippen molar-refractivity contribution in [3.8, 4) is 5.75 Å². The van der Waals surface area contributed by atoms with E-state index < -0.39 is 17.8 Å². The Kier molecular flexibility index (Phi) is 6.79. The number of hydrogen-bond donors (Lipinski definition) is 1. The van der Waals surface area contributed by atoms with Crippen molar-refractivity contribution >= 4 is 51.9 Å². The molecule has 0 bridgehead atoms. The highest BCUT2D eigenvalue weighted by atomic mass is 32.2. The summed E-state index contributed by atoms with van der Waals surface area (Å²) in [6.45, 7) is 2.00. The van der Waals surface area contributed by atoms with Gasteiger partial charge in [0.05, 0.1) is 23.3 Å². The molecule has 2 amide bonds. The summed E-state index contributed by atoms with van der Waals surface area (Å²) in [5.74, 6) is -1.12. The van der Waals surface area contributed by atoms with Gasteiger partial charge in [-0.2, -0.15) is 0 Å². The molecule has 9 heteroatoms. The van der Waals surface area contributed by atoms with E-state index in [1.807, 2.05) is 19.1 Å². The number of ketones is 1. The van der Waals surface area contributed by atoms with Crippen molar-refractivity contribution in [2.45, 2.75) is 18.6 Å². The molecule has 3 aromatic rings. The number of fused-ring (bicyclic) bond motifs is 1. The number of nitrogens with zero attached hydrogens (tertiary/aromatic N) is 1. The van der Waals surface area contributed by atoms with Gasteiger partial charge in [0.15, 0.2) is 12.4 Å². The topological polar surface area (TPSA) is 106 Å². The fourth-order valence-corrected chi connectivity index (χ4v) is 4.45. The largest absolute Gasteiger partial charge is 0.494 e. The highest BCUT2D eigenvalue weighted by Gasteiger charge is 2.40. The fourth-order valence-electron chi connectivity index (χ4n) is 3.52. The number of Topliss-reactive ketones (excluding diaryl/α,β-unsaturated/α-hetero) is 1. The molecule has 170 valence electrons. The van der Waals surface area contributed by atoms with E-state index in [1.165, 1.54) is 0 Å². The Labute approximate surface area is 194 Å². The normalized spacial score (nSPS) is 15.8. The van der Waals surface area contributed by atoms with Crippen molar-refractivity contribution in [1.29, 1.82) is 0 Å². The number of carbonyl (C=O) groups is 4. The average Bonchev–Trinajstić information content (AvgIpc) is 3.39. The van der Waals surface area contributed by atoms with Crippen LogP contribution in [0, 0.1) is 0 Å². The summed E-state index contributed by atoms with van der Waals surface area (Å²) in [7, 11) is 0. The Morgan fingerprint density at radius 2 is 1.91 bits per heavy atom. The Bertz CT molecular complexity index is 1200. The summed E-state index contributed by atoms with van der Waals surface area (Å²) >= 11 is 1.04. The lowest BCUT2D eigenvalue weighted by Crippen LogP contribution is -2.31. The molecular formula is C24H22N2O6S. The maximum Gasteiger partial charge on any atom is 0.316 e. The van der Waals surface area contributed by atoms with E-state index in [1.54, 1.807) is 42.6 Å². The molecule has 0 radical (unpaired) electrons. The number of aromatic amines is 1. The minimum absolute atomic E-state index is 0.00462. The van der Waals surface area contributed by atoms with E-state index in [4.69, 9.17) is 9.47 Å². The van der Waals surface area contributed by atoms with Crippen LogP contribution in [-0.2, 0) is 19.1 Å². The molecule has 1 N–H and O–H groups in total. The summed E-state index contributed by atoms with van der Waals surface area (Å²) < 4.78 is 10.4. The van der Waals surface area contributed by atoms with Gasteiger partial charge in [0.2, 0.25) is 11.8 Å². The number of esters is 1. The standard InChI is InChI=1S/C24H22N2O6S/c1-2-31-18-7-4-16(5-8-18)20(27)13-32-23(29)14-33-21-12-22(28)26(24(21)30)17-6-3-15-9-10-25-19(15)11-17/h3-11,21,25H,2,12-14H2,1H3. The number of H-pyrrole nitrogens is 1. The average molecular weight is 467 g/mol. The number of aromatic nitrogens is 1. The molecule has 2 aromatic carbocycles. The van der Waals surface area contributed by atoms with Gasteiger partial charge < -0.3 is 14.5 Å². The predicted octanol–water partition coefficient (Wildman–Crippen LogP) is 3.36. The number of nitrogens with one attached hydrogen (secondary N) is 1. The first-order chi connectivity index (χ1) is 16.0. The van der Waals surface area contributed by atoms with Crippen molar-refractivity contribution in [3.63, 3.8) is 0 Å². The number of hydrogen-bond acceptors (Lipinski definition) is 7. The molecule has 2 heterocycles. The molecule has 0 saturated carbocycles. The Morgan fingerprint density at radius 3 is 2.67 bits per heavy atom. The second-order valence-electron chi connectivity index (χ2n) is 7.36. The predicted molar refractivity (Wildman–Crippen MR) is 125 cm³/mol. The number of carbonyl (C=O) groups excluding carboxylic acids is 4. The fraction of sp³-hybridized carbons (Fsp3) is 0.250. The maximum absolute atomic E-state index is 12.8. The Morgan fingerprint density at radius 1 is 1.12 bits per heavy atom. The van der Waals surface area contributed by atoms with Gasteiger partial charge in [-0.25, -0.2) is 4.90 Å². The van der Waals surface area contributed by atoms with E-state index in [2.05, 4.69) is 4.98 Å². The highest BCUT2D eigenvalue weighted by molar-refractivity contribution is 8.01. The van der Waals surface area contributed by atoms with E-state index in [0.29, 0.717) is 23.6 Å². The number of imide groups is 1. The van der Waals surface area contributed by atoms with Crippen molar-refractivity contribution in [2.24, 2.45) is 0 Å². The zero-order valence-corrected chi connectivity index (χ0v) is 18.7. The molecule has 1 fully saturated rings. The van der Waals surface area contributed by atoms with E-state index >= 15 is 0 Å². The lowest BCUT2D eigenvalue weighted by molar-refractivity contribution is -0.139. The molecular weight excluding hydrogens is 444 g/mol. The first kappa shape index (κ1) is 22.6. The van der Waals surface area contributed by atoms with Crippen LogP contribution in [0.3, 0.4) is 0 Å². The lowest BCUT2D eigenvalue weighted by atomic mass is 10.1. The van der Waals surface area contributed by atoms with Crippen LogP contribution in [-0.4, -0.2) is 52.8 Å². The van der Waals surface area contributed by atoms with Crippen LogP contribution in [0.1, 0.15) is 23.7 Å². The monoisotopic (exact) mass is 466 g/mol. The molecule has 1 atom stereocenters. The summed E-state index contributed by atoms with van der Waals surface area (Å²) in [6.07, 6.45) is 1.79. The summed E-state index contributed by atoms with van der Waals surface area (Å²) in [5.41, 5.74) is 1.72. The lowest BCUT2D eigenvalue weighted by Gasteiger charge is -2.15. The number of rotatable bonds is 9. The van der Waals surface area contributed by atoms with E-state index in [9.17, 15) is 19.2 Å². The van der Waals surface area contributed by atoms with Crippen LogP contribution in [0.5, 0.6) is 5.75 Å². The minimum atomic E-state index is -0.675. The van der Waals surface area contributed by atoms with Gasteiger partial charge in [-0.05, 0) is 54.8 Å². The quantitative estimate of drug-likeness (QED) is 0.293. The van der Waals surface area contributed by atoms with Gasteiger partial charge in [-0.3, -0.25) is 19.2 Å². The van der Waals surface area contributed by atoms with Gasteiger partial charge in [-0.1, -0.05) is 6.07 Å². The first-order valence-corrected chi connectivity index (χ1v) is 11.5. The number of thioether (sulfide) groups is 1. The molecule has 1 aromatic heterocycles. The van der Waals surface area contributed by atoms with Crippen LogP contribution in [0.4, 0.5) is 5.69 Å². The van der Waals surface area contributed by atoms with Gasteiger partial charge >= 0.3 is 5.97 Å². The van der Waals surface area contributed by atoms with Gasteiger partial charge in [0, 0.05) is 23.7 Å². The number of anilines is 1. The third kappa shape index (κ3) is 5.09. The molecule has 0 aliphatic carbocycles. The number of benzene rings is 2. The summed E-state index contributed by atoms with van der Waals surface area (Å²) in [4.78, 5) is 53.8. The second-order valence-corrected chi connectivity index (χ2v) is 8.55. The van der Waals surface area contributed by atoms with Crippen LogP contribution >= 0.6 is 11.8 Å². The molecule has 8 nitrogen and oxygen atoms in total. The zero-order chi connectivity index (χ0) is 23.4. The summed E-state index contributed by atoms with van der Waals surface area (Å²) in [5, 5.41) is 0.303. The molecule has 1 aliphatic rings. The smallest absolute Gasteiger partial charge is 0.316 e. The van der Waals surface area contributed by atoms with Gasteiger partial charge in [-0.15, -0.1) is 11.8 Å². The zero-order valence-electron chi connectivity index (χ0n) is 17.9. The Hall–Kier alpha value is -3.59. The number of ether oxygens (including phenoxy) is 2. The number of amides is 2. The SMILES string of the molecule is CCOc1ccc(C(=O)COC(=O)CSC2CC(=O)N(c3ccc4cc[nH]c4c3)C2=O)cc1. The molecule has 1 saturated heterocycles. The maximum atomic E-state index is 12.8. The van der Waals surface area contributed by atoms with Crippen LogP contribution in [0.25, 0.3) is 10.9 Å². The highest BCUT2D eigenvalue weighted by Crippen LogP contribution is 2.31. The molecule has 4 rings (SSSR count). The van der Waals surface area contributed by atoms with Crippen LogP contribution < -0.4 is 9.64 Å². The first-order valence-electron chi connectivity index (χ1n) is 10.4. The molecule has 1 unspecified atom stereocenters. The molecule has 0 spiro atoms. The van der Waals surface area contributed by atoms with Crippen LogP contribution in [0.2, 0.25) is 0 Å². The van der Waals surface area contributed by atoms with Crippen LogP contribution in [0.15, 0.2) is 54.7 Å². The summed E-state index contributed by atoms with van der Waals surface area (Å²) in [6, 6.07) is 13.8. The van der Waals surface area contributed by atoms with Crippen molar-refractivity contribution in [2.75, 3.05) is 23.9 Å². The van der Waals surface area contributed by atoms with Gasteiger partial charge in [0.1, 0.15) is 5.75 Å². The van der Waals surface area contributed by atoms with Crippen molar-refractivity contribution in [1.82, 2.24) is 4.98 Å². The Balaban J connectivity index is 1.28. The van der Waals surface area contributed by atoms with Crippen molar-refractivity contribution in [3.05, 3.63) is 60.3 Å².